The molecule has 14 aromatic rings. The molecular weight excluding hydrogens is 863 g/mol. The van der Waals surface area contributed by atoms with Crippen molar-refractivity contribution in [1.82, 2.24) is 13.7 Å². The van der Waals surface area contributed by atoms with Gasteiger partial charge in [0.15, 0.2) is 8.07 Å². The lowest BCUT2D eigenvalue weighted by Crippen LogP contribution is -2.74. The lowest BCUT2D eigenvalue weighted by Gasteiger charge is -2.34. The van der Waals surface area contributed by atoms with Crippen LogP contribution in [0.1, 0.15) is 0 Å². The van der Waals surface area contributed by atoms with Crippen LogP contribution in [0.2, 0.25) is 0 Å². The zero-order valence-corrected chi connectivity index (χ0v) is 39.3. The molecule has 14 rings (SSSR count). The second-order valence-electron chi connectivity index (χ2n) is 18.4. The van der Waals surface area contributed by atoms with Gasteiger partial charge >= 0.3 is 0 Å². The van der Waals surface area contributed by atoms with Gasteiger partial charge in [-0.2, -0.15) is 0 Å². The van der Waals surface area contributed by atoms with Gasteiger partial charge in [0.2, 0.25) is 0 Å². The van der Waals surface area contributed by atoms with Crippen molar-refractivity contribution in [3.63, 3.8) is 0 Å². The third-order valence-electron chi connectivity index (χ3n) is 14.8. The molecule has 328 valence electrons. The van der Waals surface area contributed by atoms with Gasteiger partial charge in [0.1, 0.15) is 0 Å². The minimum Gasteiger partial charge on any atom is -0.309 e. The normalized spacial score (nSPS) is 12.0. The third-order valence-corrected chi connectivity index (χ3v) is 19.5. The van der Waals surface area contributed by atoms with E-state index >= 15 is 0 Å². The molecule has 0 N–H and O–H groups in total. The summed E-state index contributed by atoms with van der Waals surface area (Å²) in [5.41, 5.74) is 12.9. The van der Waals surface area contributed by atoms with E-state index in [1.807, 2.05) is 0 Å². The fourth-order valence-electron chi connectivity index (χ4n) is 11.9. The number of benzene rings is 11. The molecule has 0 aliphatic carbocycles. The number of aromatic nitrogens is 3. The van der Waals surface area contributed by atoms with Crippen molar-refractivity contribution in [2.45, 2.75) is 0 Å². The Morgan fingerprint density at radius 2 is 0.657 bits per heavy atom. The molecule has 0 bridgehead atoms. The van der Waals surface area contributed by atoms with Crippen molar-refractivity contribution in [2.75, 3.05) is 0 Å². The van der Waals surface area contributed by atoms with Crippen LogP contribution in [0, 0.1) is 0 Å². The Bertz CT molecular complexity index is 4130. The zero-order valence-electron chi connectivity index (χ0n) is 38.3. The zero-order chi connectivity index (χ0) is 46.2. The van der Waals surface area contributed by atoms with E-state index in [1.54, 1.807) is 0 Å². The molecule has 0 saturated heterocycles. The van der Waals surface area contributed by atoms with Crippen LogP contribution in [0.15, 0.2) is 273 Å². The van der Waals surface area contributed by atoms with Gasteiger partial charge in [0.25, 0.3) is 0 Å². The van der Waals surface area contributed by atoms with Gasteiger partial charge < -0.3 is 13.7 Å². The van der Waals surface area contributed by atoms with E-state index in [-0.39, 0.29) is 0 Å². The number of rotatable bonds is 8. The first-order chi connectivity index (χ1) is 34.8. The molecule has 0 spiro atoms. The van der Waals surface area contributed by atoms with E-state index < -0.39 is 8.07 Å². The summed E-state index contributed by atoms with van der Waals surface area (Å²) in [6.07, 6.45) is 0. The van der Waals surface area contributed by atoms with Crippen LogP contribution < -0.4 is 20.7 Å². The average molecular weight is 908 g/mol. The monoisotopic (exact) mass is 907 g/mol. The maximum atomic E-state index is 2.50. The molecule has 0 radical (unpaired) electrons. The van der Waals surface area contributed by atoms with Gasteiger partial charge in [-0.25, -0.2) is 0 Å². The Labute approximate surface area is 407 Å². The van der Waals surface area contributed by atoms with E-state index in [4.69, 9.17) is 0 Å². The van der Waals surface area contributed by atoms with Crippen molar-refractivity contribution < 1.29 is 0 Å². The lowest BCUT2D eigenvalue weighted by atomic mass is 9.99. The van der Waals surface area contributed by atoms with E-state index in [1.165, 1.54) is 97.5 Å². The molecule has 3 aromatic heterocycles. The highest BCUT2D eigenvalue weighted by Crippen LogP contribution is 2.44. The van der Waals surface area contributed by atoms with Crippen molar-refractivity contribution in [3.8, 4) is 28.2 Å². The molecule has 0 atom stereocenters. The van der Waals surface area contributed by atoms with Crippen LogP contribution in [0.25, 0.3) is 93.6 Å². The highest BCUT2D eigenvalue weighted by Gasteiger charge is 2.41. The van der Waals surface area contributed by atoms with Gasteiger partial charge in [-0.1, -0.05) is 206 Å². The highest BCUT2D eigenvalue weighted by atomic mass is 28.3. The maximum Gasteiger partial charge on any atom is 0.179 e. The largest absolute Gasteiger partial charge is 0.309 e. The van der Waals surface area contributed by atoms with Crippen molar-refractivity contribution in [3.05, 3.63) is 273 Å². The average Bonchev–Trinajstić information content (AvgIpc) is 4.08. The smallest absolute Gasteiger partial charge is 0.179 e. The first-order valence-corrected chi connectivity index (χ1v) is 26.2. The highest BCUT2D eigenvalue weighted by molar-refractivity contribution is 7.19. The first-order valence-electron chi connectivity index (χ1n) is 24.2. The standard InChI is InChI=1S/C66H45N3Si/c1-5-22-46(23-6-1)53-35-20-39-62-65(53)66-63(40-21-41-64(66)69-59-37-17-13-32-54(59)55-33-14-18-38-60(55)69)68(62)48-42-43-61-57(45-48)56-34-15-16-36-58(56)67(61)47-24-19-31-52(44-47)70(49-25-7-2-8-26-49,50-27-9-3-10-28-50)51-29-11-4-12-30-51/h1-45H. The third kappa shape index (κ3) is 5.94. The summed E-state index contributed by atoms with van der Waals surface area (Å²) in [6.45, 7) is 0. The second kappa shape index (κ2) is 16.1. The number of hydrogen-bond donors (Lipinski definition) is 0. The molecule has 3 nitrogen and oxygen atoms in total. The van der Waals surface area contributed by atoms with Crippen LogP contribution >= 0.6 is 0 Å². The molecule has 0 fully saturated rings. The minimum absolute atomic E-state index is 1.12. The van der Waals surface area contributed by atoms with Gasteiger partial charge in [0.05, 0.1) is 38.8 Å². The Kier molecular flexibility index (Phi) is 9.23. The van der Waals surface area contributed by atoms with Crippen LogP contribution in [0.5, 0.6) is 0 Å². The maximum absolute atomic E-state index is 2.78. The molecule has 3 heterocycles. The van der Waals surface area contributed by atoms with E-state index in [9.17, 15) is 0 Å². The molecule has 0 aliphatic rings. The predicted molar refractivity (Wildman–Crippen MR) is 299 cm³/mol. The summed E-state index contributed by atoms with van der Waals surface area (Å²) in [5, 5.41) is 12.8. The lowest BCUT2D eigenvalue weighted by molar-refractivity contribution is 1.16. The number of fused-ring (bicyclic) bond motifs is 9. The second-order valence-corrected chi connectivity index (χ2v) is 22.2. The molecule has 0 amide bonds. The Balaban J connectivity index is 1.02. The van der Waals surface area contributed by atoms with Gasteiger partial charge in [-0.15, -0.1) is 0 Å². The van der Waals surface area contributed by atoms with E-state index in [2.05, 4.69) is 287 Å². The molecule has 4 heteroatoms. The SMILES string of the molecule is c1ccc(-c2cccc3c2c2c(-n4c5ccccc5c5ccccc54)cccc2n3-c2ccc3c(c2)c2ccccc2n3-c2cccc([Si](c3ccccc3)(c3ccccc3)c3ccccc3)c2)cc1. The van der Waals surface area contributed by atoms with Crippen LogP contribution in [-0.2, 0) is 0 Å². The van der Waals surface area contributed by atoms with Gasteiger partial charge in [-0.3, -0.25) is 0 Å². The molecule has 11 aromatic carbocycles. The summed E-state index contributed by atoms with van der Waals surface area (Å²) in [5.74, 6) is 0. The van der Waals surface area contributed by atoms with Crippen LogP contribution in [0.3, 0.4) is 0 Å². The molecule has 0 aliphatic heterocycles. The van der Waals surface area contributed by atoms with Gasteiger partial charge in [-0.05, 0) is 98.6 Å². The number of para-hydroxylation sites is 3. The summed E-state index contributed by atoms with van der Waals surface area (Å²) in [7, 11) is -2.78. The summed E-state index contributed by atoms with van der Waals surface area (Å²) >= 11 is 0. The summed E-state index contributed by atoms with van der Waals surface area (Å²) in [6, 6.07) is 101. The van der Waals surface area contributed by atoms with Crippen LogP contribution in [-0.4, -0.2) is 21.8 Å². The first kappa shape index (κ1) is 40.1. The Hall–Kier alpha value is -8.96. The molecule has 0 saturated carbocycles. The summed E-state index contributed by atoms with van der Waals surface area (Å²) in [4.78, 5) is 0. The van der Waals surface area contributed by atoms with E-state index in [0.717, 1.165) is 16.9 Å². The van der Waals surface area contributed by atoms with Gasteiger partial charge in [0, 0.05) is 43.7 Å². The van der Waals surface area contributed by atoms with Crippen molar-refractivity contribution >= 4 is 94.2 Å². The molecule has 0 unspecified atom stereocenters. The summed E-state index contributed by atoms with van der Waals surface area (Å²) < 4.78 is 7.46. The molecule has 70 heavy (non-hydrogen) atoms. The Morgan fingerprint density at radius 1 is 0.243 bits per heavy atom. The number of nitrogens with zero attached hydrogens (tertiary/aromatic N) is 3. The minimum atomic E-state index is -2.78. The Morgan fingerprint density at radius 3 is 1.26 bits per heavy atom. The topological polar surface area (TPSA) is 14.8 Å². The molecular formula is C66H45N3Si. The van der Waals surface area contributed by atoms with Crippen molar-refractivity contribution in [2.24, 2.45) is 0 Å². The van der Waals surface area contributed by atoms with Crippen molar-refractivity contribution in [1.29, 1.82) is 0 Å². The number of hydrogen-bond acceptors (Lipinski definition) is 0. The van der Waals surface area contributed by atoms with E-state index in [0.29, 0.717) is 0 Å². The quantitative estimate of drug-likeness (QED) is 0.107. The van der Waals surface area contributed by atoms with Crippen LogP contribution in [0.4, 0.5) is 0 Å². The fraction of sp³-hybridized carbons (Fsp3) is 0. The fourth-order valence-corrected chi connectivity index (χ4v) is 16.7. The predicted octanol–water partition coefficient (Wildman–Crippen LogP) is 14.0.